The van der Waals surface area contributed by atoms with Crippen molar-refractivity contribution in [2.45, 2.75) is 19.0 Å². The summed E-state index contributed by atoms with van der Waals surface area (Å²) >= 11 is 1.56. The summed E-state index contributed by atoms with van der Waals surface area (Å²) < 4.78 is 5.46. The van der Waals surface area contributed by atoms with Crippen LogP contribution in [-0.4, -0.2) is 22.8 Å². The van der Waals surface area contributed by atoms with Crippen molar-refractivity contribution < 1.29 is 4.74 Å². The number of hydrogen-bond acceptors (Lipinski definition) is 4. The van der Waals surface area contributed by atoms with E-state index < -0.39 is 0 Å². The maximum Gasteiger partial charge on any atom is 0.188 e. The zero-order valence-corrected chi connectivity index (χ0v) is 10.5. The maximum absolute atomic E-state index is 5.46. The van der Waals surface area contributed by atoms with Crippen LogP contribution in [-0.2, 0) is 0 Å². The van der Waals surface area contributed by atoms with Crippen molar-refractivity contribution in [1.82, 2.24) is 9.97 Å². The molecule has 0 aliphatic heterocycles. The van der Waals surface area contributed by atoms with Gasteiger partial charge >= 0.3 is 0 Å². The molecular formula is C12H14N2OS. The topological polar surface area (TPSA) is 35.0 Å². The number of rotatable bonds is 3. The summed E-state index contributed by atoms with van der Waals surface area (Å²) in [4.78, 5) is 8.87. The third-order valence-electron chi connectivity index (χ3n) is 2.33. The first-order valence-corrected chi connectivity index (χ1v) is 6.42. The van der Waals surface area contributed by atoms with Crippen molar-refractivity contribution in [3.63, 3.8) is 0 Å². The van der Waals surface area contributed by atoms with Crippen molar-refractivity contribution in [3.05, 3.63) is 23.9 Å². The Morgan fingerprint density at radius 3 is 2.81 bits per heavy atom. The molecule has 0 aliphatic carbocycles. The average molecular weight is 234 g/mol. The Labute approximate surface area is 99.2 Å². The van der Waals surface area contributed by atoms with Crippen LogP contribution in [0.1, 0.15) is 12.6 Å². The average Bonchev–Trinajstić information content (AvgIpc) is 2.30. The highest BCUT2D eigenvalue weighted by atomic mass is 32.2. The Kier molecular flexibility index (Phi) is 3.29. The summed E-state index contributed by atoms with van der Waals surface area (Å²) in [7, 11) is 0. The second-order valence-corrected chi connectivity index (χ2v) is 4.18. The molecule has 1 heterocycles. The van der Waals surface area contributed by atoms with Gasteiger partial charge in [-0.25, -0.2) is 9.97 Å². The molecule has 4 heteroatoms. The normalized spacial score (nSPS) is 10.7. The van der Waals surface area contributed by atoms with Gasteiger partial charge in [0.2, 0.25) is 0 Å². The van der Waals surface area contributed by atoms with Crippen LogP contribution in [0.2, 0.25) is 0 Å². The van der Waals surface area contributed by atoms with Gasteiger partial charge in [-0.3, -0.25) is 0 Å². The van der Waals surface area contributed by atoms with Gasteiger partial charge in [-0.05, 0) is 38.3 Å². The van der Waals surface area contributed by atoms with E-state index in [1.165, 1.54) is 0 Å². The lowest BCUT2D eigenvalue weighted by molar-refractivity contribution is 0.340. The van der Waals surface area contributed by atoms with Crippen LogP contribution in [0.4, 0.5) is 0 Å². The summed E-state index contributed by atoms with van der Waals surface area (Å²) in [6.45, 7) is 4.65. The van der Waals surface area contributed by atoms with E-state index in [0.717, 1.165) is 27.5 Å². The zero-order chi connectivity index (χ0) is 11.5. The van der Waals surface area contributed by atoms with Gasteiger partial charge in [0, 0.05) is 11.1 Å². The molecule has 0 spiro atoms. The van der Waals surface area contributed by atoms with Crippen molar-refractivity contribution in [2.75, 3.05) is 12.9 Å². The number of benzene rings is 1. The van der Waals surface area contributed by atoms with Gasteiger partial charge in [0.05, 0.1) is 12.1 Å². The molecule has 16 heavy (non-hydrogen) atoms. The van der Waals surface area contributed by atoms with E-state index in [9.17, 15) is 0 Å². The Morgan fingerprint density at radius 2 is 2.12 bits per heavy atom. The van der Waals surface area contributed by atoms with Crippen molar-refractivity contribution in [2.24, 2.45) is 0 Å². The van der Waals surface area contributed by atoms with E-state index in [0.29, 0.717) is 6.61 Å². The predicted octanol–water partition coefficient (Wildman–Crippen LogP) is 3.06. The van der Waals surface area contributed by atoms with E-state index in [4.69, 9.17) is 4.74 Å². The first kappa shape index (κ1) is 11.2. The number of ether oxygens (including phenoxy) is 1. The van der Waals surface area contributed by atoms with E-state index in [-0.39, 0.29) is 0 Å². The molecule has 3 nitrogen and oxygen atoms in total. The lowest BCUT2D eigenvalue weighted by Gasteiger charge is -2.07. The summed E-state index contributed by atoms with van der Waals surface area (Å²) in [5.41, 5.74) is 1.97. The number of thioether (sulfide) groups is 1. The van der Waals surface area contributed by atoms with E-state index in [2.05, 4.69) is 9.97 Å². The lowest BCUT2D eigenvalue weighted by atomic mass is 10.2. The largest absolute Gasteiger partial charge is 0.494 e. The van der Waals surface area contributed by atoms with Gasteiger partial charge in [0.15, 0.2) is 5.16 Å². The molecule has 0 atom stereocenters. The minimum atomic E-state index is 0.675. The quantitative estimate of drug-likeness (QED) is 0.604. The third-order valence-corrected chi connectivity index (χ3v) is 2.88. The number of aryl methyl sites for hydroxylation is 1. The van der Waals surface area contributed by atoms with Crippen molar-refractivity contribution in [3.8, 4) is 5.75 Å². The number of aromatic nitrogens is 2. The Bertz CT molecular complexity index is 514. The second-order valence-electron chi connectivity index (χ2n) is 3.41. The predicted molar refractivity (Wildman–Crippen MR) is 67.2 cm³/mol. The smallest absolute Gasteiger partial charge is 0.188 e. The highest BCUT2D eigenvalue weighted by Crippen LogP contribution is 2.23. The second kappa shape index (κ2) is 4.70. The first-order chi connectivity index (χ1) is 7.74. The summed E-state index contributed by atoms with van der Waals surface area (Å²) in [6.07, 6.45) is 1.98. The van der Waals surface area contributed by atoms with Crippen LogP contribution in [0.25, 0.3) is 10.9 Å². The zero-order valence-electron chi connectivity index (χ0n) is 9.65. The molecular weight excluding hydrogens is 220 g/mol. The van der Waals surface area contributed by atoms with Crippen LogP contribution < -0.4 is 4.74 Å². The number of nitrogens with zero attached hydrogens (tertiary/aromatic N) is 2. The van der Waals surface area contributed by atoms with Crippen LogP contribution in [0.5, 0.6) is 5.75 Å². The fourth-order valence-electron chi connectivity index (χ4n) is 1.58. The SMILES string of the molecule is CCOc1ccc2nc(SC)nc(C)c2c1. The third kappa shape index (κ3) is 2.11. The molecule has 1 aromatic heterocycles. The van der Waals surface area contributed by atoms with E-state index >= 15 is 0 Å². The van der Waals surface area contributed by atoms with Crippen molar-refractivity contribution >= 4 is 22.7 Å². The summed E-state index contributed by atoms with van der Waals surface area (Å²) in [5, 5.41) is 1.87. The van der Waals surface area contributed by atoms with Gasteiger partial charge in [-0.15, -0.1) is 0 Å². The fourth-order valence-corrected chi connectivity index (χ4v) is 2.00. The van der Waals surface area contributed by atoms with Crippen LogP contribution in [0.15, 0.2) is 23.4 Å². The molecule has 0 radical (unpaired) electrons. The molecule has 0 bridgehead atoms. The highest BCUT2D eigenvalue weighted by Gasteiger charge is 2.05. The van der Waals surface area contributed by atoms with Crippen molar-refractivity contribution in [1.29, 1.82) is 0 Å². The molecule has 0 aliphatic rings. The molecule has 84 valence electrons. The molecule has 2 aromatic rings. The van der Waals surface area contributed by atoms with Gasteiger partial charge in [-0.2, -0.15) is 0 Å². The Balaban J connectivity index is 2.56. The molecule has 0 unspecified atom stereocenters. The Hall–Kier alpha value is -1.29. The number of fused-ring (bicyclic) bond motifs is 1. The molecule has 2 rings (SSSR count). The van der Waals surface area contributed by atoms with Gasteiger partial charge in [-0.1, -0.05) is 11.8 Å². The Morgan fingerprint density at radius 1 is 1.31 bits per heavy atom. The van der Waals surface area contributed by atoms with Gasteiger partial charge in [0.1, 0.15) is 5.75 Å². The fraction of sp³-hybridized carbons (Fsp3) is 0.333. The lowest BCUT2D eigenvalue weighted by Crippen LogP contribution is -1.95. The van der Waals surface area contributed by atoms with E-state index in [1.54, 1.807) is 11.8 Å². The summed E-state index contributed by atoms with van der Waals surface area (Å²) in [6, 6.07) is 5.93. The molecule has 0 N–H and O–H groups in total. The van der Waals surface area contributed by atoms with Crippen LogP contribution in [0, 0.1) is 6.92 Å². The summed E-state index contributed by atoms with van der Waals surface area (Å²) in [5.74, 6) is 0.874. The molecule has 0 fully saturated rings. The standard InChI is InChI=1S/C12H14N2OS/c1-4-15-9-5-6-11-10(7-9)8(2)13-12(14-11)16-3/h5-7H,4H2,1-3H3. The molecule has 0 saturated carbocycles. The van der Waals surface area contributed by atoms with Crippen LogP contribution in [0.3, 0.4) is 0 Å². The first-order valence-electron chi connectivity index (χ1n) is 5.19. The van der Waals surface area contributed by atoms with Crippen LogP contribution >= 0.6 is 11.8 Å². The molecule has 0 saturated heterocycles. The minimum Gasteiger partial charge on any atom is -0.494 e. The highest BCUT2D eigenvalue weighted by molar-refractivity contribution is 7.98. The number of hydrogen-bond donors (Lipinski definition) is 0. The van der Waals surface area contributed by atoms with Gasteiger partial charge < -0.3 is 4.74 Å². The van der Waals surface area contributed by atoms with E-state index in [1.807, 2.05) is 38.3 Å². The molecule has 0 amide bonds. The van der Waals surface area contributed by atoms with Gasteiger partial charge in [0.25, 0.3) is 0 Å². The minimum absolute atomic E-state index is 0.675. The maximum atomic E-state index is 5.46. The molecule has 1 aromatic carbocycles. The monoisotopic (exact) mass is 234 g/mol.